The van der Waals surface area contributed by atoms with Gasteiger partial charge in [0.25, 0.3) is 0 Å². The molecule has 2 nitrogen and oxygen atoms in total. The van der Waals surface area contributed by atoms with Gasteiger partial charge in [-0.15, -0.1) is 0 Å². The Morgan fingerprint density at radius 1 is 1.21 bits per heavy atom. The van der Waals surface area contributed by atoms with Crippen LogP contribution in [0.25, 0.3) is 0 Å². The van der Waals surface area contributed by atoms with Crippen LogP contribution in [0.4, 0.5) is 0 Å². The lowest BCUT2D eigenvalue weighted by Crippen LogP contribution is -2.37. The maximum absolute atomic E-state index is 10.4. The van der Waals surface area contributed by atoms with Gasteiger partial charge in [0, 0.05) is 12.6 Å². The summed E-state index contributed by atoms with van der Waals surface area (Å²) in [4.78, 5) is 2.50. The lowest BCUT2D eigenvalue weighted by molar-refractivity contribution is 0.0865. The molecule has 1 heterocycles. The van der Waals surface area contributed by atoms with Crippen LogP contribution in [0.3, 0.4) is 0 Å². The standard InChI is InChI=1S/C17H27NO/c1-3-16-7-5-4-6-12-18(16)13-17(19)15-10-8-14(2)9-11-15/h8-11,16-17,19H,3-7,12-13H2,1-2H3. The van der Waals surface area contributed by atoms with E-state index in [-0.39, 0.29) is 6.10 Å². The molecule has 1 saturated heterocycles. The Morgan fingerprint density at radius 2 is 1.95 bits per heavy atom. The number of aryl methyl sites for hydroxylation is 1. The first-order chi connectivity index (χ1) is 9.20. The van der Waals surface area contributed by atoms with Gasteiger partial charge in [-0.2, -0.15) is 0 Å². The number of aliphatic hydroxyl groups is 1. The Morgan fingerprint density at radius 3 is 2.63 bits per heavy atom. The van der Waals surface area contributed by atoms with Crippen molar-refractivity contribution in [3.05, 3.63) is 35.4 Å². The van der Waals surface area contributed by atoms with Crippen molar-refractivity contribution >= 4 is 0 Å². The lowest BCUT2D eigenvalue weighted by atomic mass is 10.0. The maximum Gasteiger partial charge on any atom is 0.0917 e. The molecule has 0 radical (unpaired) electrons. The van der Waals surface area contributed by atoms with Crippen LogP contribution in [0.5, 0.6) is 0 Å². The van der Waals surface area contributed by atoms with Crippen LogP contribution in [-0.4, -0.2) is 29.1 Å². The highest BCUT2D eigenvalue weighted by Gasteiger charge is 2.22. The second kappa shape index (κ2) is 7.06. The SMILES string of the molecule is CCC1CCCCCN1CC(O)c1ccc(C)cc1. The molecule has 2 heteroatoms. The van der Waals surface area contributed by atoms with Crippen molar-refractivity contribution in [2.45, 2.75) is 58.1 Å². The van der Waals surface area contributed by atoms with Gasteiger partial charge in [-0.05, 0) is 38.3 Å². The molecule has 19 heavy (non-hydrogen) atoms. The van der Waals surface area contributed by atoms with Gasteiger partial charge < -0.3 is 5.11 Å². The minimum atomic E-state index is -0.354. The van der Waals surface area contributed by atoms with E-state index in [1.807, 2.05) is 0 Å². The smallest absolute Gasteiger partial charge is 0.0917 e. The molecule has 0 bridgehead atoms. The largest absolute Gasteiger partial charge is 0.387 e. The van der Waals surface area contributed by atoms with Crippen molar-refractivity contribution in [2.75, 3.05) is 13.1 Å². The summed E-state index contributed by atoms with van der Waals surface area (Å²) in [7, 11) is 0. The average molecular weight is 261 g/mol. The number of rotatable bonds is 4. The molecule has 2 rings (SSSR count). The lowest BCUT2D eigenvalue weighted by Gasteiger charge is -2.31. The molecule has 0 saturated carbocycles. The summed E-state index contributed by atoms with van der Waals surface area (Å²) in [5, 5.41) is 10.4. The zero-order chi connectivity index (χ0) is 13.7. The highest BCUT2D eigenvalue weighted by Crippen LogP contribution is 2.23. The summed E-state index contributed by atoms with van der Waals surface area (Å²) in [6.45, 7) is 6.27. The number of nitrogens with zero attached hydrogens (tertiary/aromatic N) is 1. The normalized spacial score (nSPS) is 23.0. The second-order valence-electron chi connectivity index (χ2n) is 5.83. The van der Waals surface area contributed by atoms with E-state index in [1.54, 1.807) is 0 Å². The third-order valence-corrected chi connectivity index (χ3v) is 4.34. The molecular formula is C17H27NO. The number of benzene rings is 1. The minimum Gasteiger partial charge on any atom is -0.387 e. The maximum atomic E-state index is 10.4. The molecule has 1 N–H and O–H groups in total. The summed E-state index contributed by atoms with van der Waals surface area (Å²) in [6.07, 6.45) is 6.09. The van der Waals surface area contributed by atoms with E-state index in [2.05, 4.69) is 43.0 Å². The number of hydrogen-bond acceptors (Lipinski definition) is 2. The minimum absolute atomic E-state index is 0.354. The monoisotopic (exact) mass is 261 g/mol. The fourth-order valence-corrected chi connectivity index (χ4v) is 3.06. The van der Waals surface area contributed by atoms with Crippen LogP contribution in [0.1, 0.15) is 56.3 Å². The highest BCUT2D eigenvalue weighted by atomic mass is 16.3. The highest BCUT2D eigenvalue weighted by molar-refractivity contribution is 5.23. The van der Waals surface area contributed by atoms with Crippen LogP contribution in [0.2, 0.25) is 0 Å². The molecule has 0 aromatic heterocycles. The van der Waals surface area contributed by atoms with E-state index in [9.17, 15) is 5.11 Å². The first-order valence-electron chi connectivity index (χ1n) is 7.69. The molecular weight excluding hydrogens is 234 g/mol. The molecule has 1 aliphatic rings. The van der Waals surface area contributed by atoms with Gasteiger partial charge in [-0.25, -0.2) is 0 Å². The van der Waals surface area contributed by atoms with E-state index < -0.39 is 0 Å². The Balaban J connectivity index is 1.99. The van der Waals surface area contributed by atoms with Gasteiger partial charge in [0.1, 0.15) is 0 Å². The molecule has 0 amide bonds. The third-order valence-electron chi connectivity index (χ3n) is 4.34. The molecule has 1 aromatic carbocycles. The quantitative estimate of drug-likeness (QED) is 0.893. The molecule has 2 atom stereocenters. The molecule has 2 unspecified atom stereocenters. The summed E-state index contributed by atoms with van der Waals surface area (Å²) in [6, 6.07) is 8.93. The predicted molar refractivity (Wildman–Crippen MR) is 80.3 cm³/mol. The van der Waals surface area contributed by atoms with E-state index in [1.165, 1.54) is 37.7 Å². The second-order valence-corrected chi connectivity index (χ2v) is 5.83. The zero-order valence-electron chi connectivity index (χ0n) is 12.3. The van der Waals surface area contributed by atoms with Crippen LogP contribution >= 0.6 is 0 Å². The van der Waals surface area contributed by atoms with Gasteiger partial charge in [-0.1, -0.05) is 49.6 Å². The van der Waals surface area contributed by atoms with E-state index in [0.717, 1.165) is 18.7 Å². The zero-order valence-corrected chi connectivity index (χ0v) is 12.3. The van der Waals surface area contributed by atoms with Gasteiger partial charge in [0.15, 0.2) is 0 Å². The van der Waals surface area contributed by atoms with Gasteiger partial charge in [-0.3, -0.25) is 4.90 Å². The molecule has 1 aromatic rings. The van der Waals surface area contributed by atoms with Crippen LogP contribution in [-0.2, 0) is 0 Å². The first kappa shape index (κ1) is 14.5. The third kappa shape index (κ3) is 4.05. The molecule has 0 aliphatic carbocycles. The first-order valence-corrected chi connectivity index (χ1v) is 7.69. The van der Waals surface area contributed by atoms with Crippen LogP contribution in [0, 0.1) is 6.92 Å². The van der Waals surface area contributed by atoms with Crippen molar-refractivity contribution in [1.29, 1.82) is 0 Å². The number of likely N-dealkylation sites (tertiary alicyclic amines) is 1. The molecule has 0 spiro atoms. The van der Waals surface area contributed by atoms with Crippen molar-refractivity contribution in [2.24, 2.45) is 0 Å². The Labute approximate surface area is 117 Å². The number of β-amino-alcohol motifs (C(OH)–C–C–N with tert-alkyl or cyclic N) is 1. The van der Waals surface area contributed by atoms with Crippen molar-refractivity contribution in [3.8, 4) is 0 Å². The Kier molecular flexibility index (Phi) is 5.41. The predicted octanol–water partition coefficient (Wildman–Crippen LogP) is 3.68. The summed E-state index contributed by atoms with van der Waals surface area (Å²) in [5.41, 5.74) is 2.29. The fraction of sp³-hybridized carbons (Fsp3) is 0.647. The summed E-state index contributed by atoms with van der Waals surface area (Å²) >= 11 is 0. The van der Waals surface area contributed by atoms with Crippen LogP contribution < -0.4 is 0 Å². The van der Waals surface area contributed by atoms with Gasteiger partial charge in [0.2, 0.25) is 0 Å². The van der Waals surface area contributed by atoms with Gasteiger partial charge in [0.05, 0.1) is 6.10 Å². The van der Waals surface area contributed by atoms with E-state index in [0.29, 0.717) is 6.04 Å². The van der Waals surface area contributed by atoms with Crippen molar-refractivity contribution in [3.63, 3.8) is 0 Å². The van der Waals surface area contributed by atoms with Crippen molar-refractivity contribution in [1.82, 2.24) is 4.90 Å². The summed E-state index contributed by atoms with van der Waals surface area (Å²) in [5.74, 6) is 0. The van der Waals surface area contributed by atoms with Crippen LogP contribution in [0.15, 0.2) is 24.3 Å². The molecule has 106 valence electrons. The topological polar surface area (TPSA) is 23.5 Å². The van der Waals surface area contributed by atoms with E-state index in [4.69, 9.17) is 0 Å². The fourth-order valence-electron chi connectivity index (χ4n) is 3.06. The Hall–Kier alpha value is -0.860. The van der Waals surface area contributed by atoms with E-state index >= 15 is 0 Å². The Bertz CT molecular complexity index is 373. The number of hydrogen-bond donors (Lipinski definition) is 1. The summed E-state index contributed by atoms with van der Waals surface area (Å²) < 4.78 is 0. The molecule has 1 fully saturated rings. The average Bonchev–Trinajstić information content (AvgIpc) is 2.64. The molecule has 1 aliphatic heterocycles. The van der Waals surface area contributed by atoms with Crippen molar-refractivity contribution < 1.29 is 5.11 Å². The van der Waals surface area contributed by atoms with Gasteiger partial charge >= 0.3 is 0 Å². The number of aliphatic hydroxyl groups excluding tert-OH is 1.